The summed E-state index contributed by atoms with van der Waals surface area (Å²) < 4.78 is 105. The lowest BCUT2D eigenvalue weighted by Gasteiger charge is -2.30. The first kappa shape index (κ1) is 65.2. The number of alkyl halides is 6. The van der Waals surface area contributed by atoms with E-state index in [9.17, 15) is 55.1 Å². The lowest BCUT2D eigenvalue weighted by atomic mass is 9.78. The number of esters is 4. The van der Waals surface area contributed by atoms with E-state index in [1.165, 1.54) is 48.5 Å². The van der Waals surface area contributed by atoms with Crippen molar-refractivity contribution < 1.29 is 83.5 Å². The first-order valence-corrected chi connectivity index (χ1v) is 25.7. The van der Waals surface area contributed by atoms with Gasteiger partial charge in [-0.15, -0.1) is 26.3 Å². The quantitative estimate of drug-likeness (QED) is 0.0385. The van der Waals surface area contributed by atoms with E-state index in [-0.39, 0.29) is 74.3 Å². The zero-order chi connectivity index (χ0) is 58.4. The van der Waals surface area contributed by atoms with Gasteiger partial charge in [0, 0.05) is 36.1 Å². The number of halogens is 6. The molecule has 14 nitrogen and oxygen atoms in total. The third-order valence-corrected chi connectivity index (χ3v) is 11.3. The minimum Gasteiger partial charge on any atom is -0.466 e. The maximum atomic E-state index is 13.4. The second kappa shape index (κ2) is 30.1. The Morgan fingerprint density at radius 1 is 0.449 bits per heavy atom. The van der Waals surface area contributed by atoms with E-state index >= 15 is 0 Å². The molecule has 0 saturated carbocycles. The van der Waals surface area contributed by atoms with Gasteiger partial charge in [-0.3, -0.25) is 28.8 Å². The molecule has 4 rings (SSSR count). The van der Waals surface area contributed by atoms with Crippen molar-refractivity contribution >= 4 is 35.7 Å². The molecule has 0 spiro atoms. The molecule has 0 heterocycles. The molecule has 0 aliphatic rings. The monoisotopic (exact) mass is 1100 g/mol. The third kappa shape index (κ3) is 23.2. The topological polar surface area (TPSA) is 182 Å². The zero-order valence-corrected chi connectivity index (χ0v) is 45.8. The highest BCUT2D eigenvalue weighted by molar-refractivity contribution is 5.95. The van der Waals surface area contributed by atoms with Gasteiger partial charge in [0.05, 0.1) is 37.9 Å². The Bertz CT molecular complexity index is 2360. The van der Waals surface area contributed by atoms with Crippen LogP contribution in [0.5, 0.6) is 11.5 Å². The van der Waals surface area contributed by atoms with Gasteiger partial charge in [-0.25, -0.2) is 0 Å². The second-order valence-corrected chi connectivity index (χ2v) is 19.9. The Morgan fingerprint density at radius 2 is 0.744 bits per heavy atom. The lowest BCUT2D eigenvalue weighted by Crippen LogP contribution is -2.31. The summed E-state index contributed by atoms with van der Waals surface area (Å²) in [6.45, 7) is 18.6. The fourth-order valence-corrected chi connectivity index (χ4v) is 8.21. The van der Waals surface area contributed by atoms with Crippen LogP contribution in [-0.2, 0) is 38.1 Å². The van der Waals surface area contributed by atoms with E-state index in [1.54, 1.807) is 104 Å². The Labute approximate surface area is 452 Å². The van der Waals surface area contributed by atoms with Crippen molar-refractivity contribution in [2.75, 3.05) is 26.3 Å². The van der Waals surface area contributed by atoms with Crippen molar-refractivity contribution in [1.29, 1.82) is 0 Å². The molecule has 0 saturated heterocycles. The van der Waals surface area contributed by atoms with E-state index in [0.29, 0.717) is 35.1 Å². The van der Waals surface area contributed by atoms with Crippen molar-refractivity contribution in [2.24, 2.45) is 0 Å². The molecular weight excluding hydrogens is 1030 g/mol. The number of nitrogens with one attached hydrogen (secondary N) is 2. The SMILES string of the molecule is CCCC(c1ccc(C(=O)NCCC(=O)OCC)cc1)C(C(=O)OC(C)(C)C)c1ccc(OC(F)(F)F)cc1.CCC[C@@H](c1ccc(C(=O)NCCC(=O)OCC)cc1)[C@H](C(=O)OC(C)(C)C)c1ccc(OC(F)(F)F)cc1. The van der Waals surface area contributed by atoms with Crippen molar-refractivity contribution in [2.45, 2.75) is 155 Å². The van der Waals surface area contributed by atoms with Crippen LogP contribution in [0.3, 0.4) is 0 Å². The predicted molar refractivity (Wildman–Crippen MR) is 279 cm³/mol. The number of benzene rings is 4. The Hall–Kier alpha value is -7.12. The lowest BCUT2D eigenvalue weighted by molar-refractivity contribution is -0.275. The molecular formula is C58H72F6N2O12. The number of amides is 2. The van der Waals surface area contributed by atoms with Gasteiger partial charge in [-0.2, -0.15) is 0 Å². The van der Waals surface area contributed by atoms with E-state index in [1.807, 2.05) is 13.8 Å². The molecule has 2 N–H and O–H groups in total. The Morgan fingerprint density at radius 3 is 1.00 bits per heavy atom. The molecule has 2 unspecified atom stereocenters. The van der Waals surface area contributed by atoms with Crippen molar-refractivity contribution in [1.82, 2.24) is 10.6 Å². The minimum absolute atomic E-state index is 0.0562. The molecule has 0 fully saturated rings. The highest BCUT2D eigenvalue weighted by Gasteiger charge is 2.37. The summed E-state index contributed by atoms with van der Waals surface area (Å²) in [6, 6.07) is 23.9. The van der Waals surface area contributed by atoms with Gasteiger partial charge in [0.15, 0.2) is 0 Å². The summed E-state index contributed by atoms with van der Waals surface area (Å²) in [6.07, 6.45) is -6.95. The summed E-state index contributed by atoms with van der Waals surface area (Å²) in [5.74, 6) is -5.69. The zero-order valence-electron chi connectivity index (χ0n) is 45.8. The average molecular weight is 1100 g/mol. The van der Waals surface area contributed by atoms with Crippen LogP contribution < -0.4 is 20.1 Å². The highest BCUT2D eigenvalue weighted by Crippen LogP contribution is 2.41. The summed E-state index contributed by atoms with van der Waals surface area (Å²) >= 11 is 0. The number of hydrogen-bond donors (Lipinski definition) is 2. The molecule has 2 amide bonds. The number of rotatable bonds is 24. The number of carbonyl (C=O) groups excluding carboxylic acids is 6. The van der Waals surface area contributed by atoms with Gasteiger partial charge < -0.3 is 39.1 Å². The smallest absolute Gasteiger partial charge is 0.466 e. The van der Waals surface area contributed by atoms with Crippen LogP contribution in [0.15, 0.2) is 97.1 Å². The summed E-state index contributed by atoms with van der Waals surface area (Å²) in [7, 11) is 0. The van der Waals surface area contributed by atoms with Crippen molar-refractivity contribution in [3.63, 3.8) is 0 Å². The number of hydrogen-bond acceptors (Lipinski definition) is 12. The number of carbonyl (C=O) groups is 6. The second-order valence-electron chi connectivity index (χ2n) is 19.9. The van der Waals surface area contributed by atoms with Crippen LogP contribution in [0.1, 0.15) is 174 Å². The standard InChI is InChI=1S/2C29H36F3NO6/c2*1-6-8-23(19-9-11-21(12-10-19)26(35)33-18-17-24(34)37-7-2)25(27(36)39-28(3,4)5)20-13-15-22(16-14-20)38-29(30,31)32/h2*9-16,23,25H,6-8,17-18H2,1-5H3,(H,33,35)/t23-,25+;/m0./s1. The highest BCUT2D eigenvalue weighted by atomic mass is 19.4. The summed E-state index contributed by atoms with van der Waals surface area (Å²) in [5, 5.41) is 5.34. The van der Waals surface area contributed by atoms with E-state index in [2.05, 4.69) is 20.1 Å². The average Bonchev–Trinajstić information content (AvgIpc) is 3.33. The predicted octanol–water partition coefficient (Wildman–Crippen LogP) is 12.6. The van der Waals surface area contributed by atoms with Crippen LogP contribution >= 0.6 is 0 Å². The molecule has 0 aliphatic carbocycles. The molecule has 4 atom stereocenters. The fourth-order valence-electron chi connectivity index (χ4n) is 8.21. The first-order chi connectivity index (χ1) is 36.5. The summed E-state index contributed by atoms with van der Waals surface area (Å²) in [4.78, 5) is 74.8. The minimum atomic E-state index is -4.83. The molecule has 78 heavy (non-hydrogen) atoms. The molecule has 428 valence electrons. The molecule has 0 aliphatic heterocycles. The van der Waals surface area contributed by atoms with Crippen LogP contribution in [0.4, 0.5) is 26.3 Å². The van der Waals surface area contributed by atoms with E-state index in [4.69, 9.17) is 18.9 Å². The van der Waals surface area contributed by atoms with Crippen LogP contribution in [-0.4, -0.2) is 85.9 Å². The molecule has 20 heteroatoms. The van der Waals surface area contributed by atoms with Gasteiger partial charge in [0.1, 0.15) is 22.7 Å². The van der Waals surface area contributed by atoms with Crippen molar-refractivity contribution in [3.05, 3.63) is 130 Å². The van der Waals surface area contributed by atoms with Gasteiger partial charge in [-0.1, -0.05) is 75.2 Å². The van der Waals surface area contributed by atoms with E-state index in [0.717, 1.165) is 24.0 Å². The fraction of sp³-hybridized carbons (Fsp3) is 0.483. The van der Waals surface area contributed by atoms with Gasteiger partial charge in [0.2, 0.25) is 0 Å². The Balaban J connectivity index is 0.000000410. The molecule has 0 radical (unpaired) electrons. The largest absolute Gasteiger partial charge is 0.573 e. The van der Waals surface area contributed by atoms with Gasteiger partial charge >= 0.3 is 36.6 Å². The maximum absolute atomic E-state index is 13.4. The Kier molecular flexibility index (Phi) is 25.2. The van der Waals surface area contributed by atoms with Crippen LogP contribution in [0.25, 0.3) is 0 Å². The van der Waals surface area contributed by atoms with Gasteiger partial charge in [-0.05, 0) is 139 Å². The molecule has 0 aromatic heterocycles. The first-order valence-electron chi connectivity index (χ1n) is 25.7. The van der Waals surface area contributed by atoms with Crippen molar-refractivity contribution in [3.8, 4) is 11.5 Å². The maximum Gasteiger partial charge on any atom is 0.573 e. The van der Waals surface area contributed by atoms with Crippen LogP contribution in [0.2, 0.25) is 0 Å². The molecule has 4 aromatic carbocycles. The normalized spacial score (nSPS) is 13.2. The number of ether oxygens (including phenoxy) is 6. The molecule has 4 aromatic rings. The van der Waals surface area contributed by atoms with Crippen LogP contribution in [0, 0.1) is 0 Å². The van der Waals surface area contributed by atoms with Gasteiger partial charge in [0.25, 0.3) is 11.8 Å². The molecule has 0 bridgehead atoms. The van der Waals surface area contributed by atoms with E-state index < -0.39 is 59.6 Å². The summed E-state index contributed by atoms with van der Waals surface area (Å²) in [5.41, 5.74) is 1.70. The third-order valence-electron chi connectivity index (χ3n) is 11.3.